The molecule has 0 spiro atoms. The Morgan fingerprint density at radius 1 is 0.973 bits per heavy atom. The van der Waals surface area contributed by atoms with Crippen molar-refractivity contribution in [2.75, 3.05) is 19.0 Å². The molecule has 3 fully saturated rings. The van der Waals surface area contributed by atoms with Gasteiger partial charge in [0.05, 0.1) is 24.9 Å². The number of carboxylic acid groups (broad SMARTS) is 2. The normalized spacial score (nSPS) is 23.0. The highest BCUT2D eigenvalue weighted by molar-refractivity contribution is 7.14. The Hall–Kier alpha value is -6.44. The zero-order chi connectivity index (χ0) is 53.6. The maximum Gasteiger partial charge on any atom is 0.408 e. The quantitative estimate of drug-likeness (QED) is 0.0544. The van der Waals surface area contributed by atoms with E-state index in [4.69, 9.17) is 34.0 Å². The van der Waals surface area contributed by atoms with E-state index in [1.165, 1.54) is 16.2 Å². The highest BCUT2D eigenvalue weighted by atomic mass is 32.1. The molecule has 404 valence electrons. The Morgan fingerprint density at radius 3 is 2.42 bits per heavy atom. The van der Waals surface area contributed by atoms with Crippen molar-refractivity contribution in [3.05, 3.63) is 54.5 Å². The van der Waals surface area contributed by atoms with Crippen molar-refractivity contribution < 1.29 is 57.9 Å². The van der Waals surface area contributed by atoms with Crippen molar-refractivity contribution in [1.82, 2.24) is 30.8 Å². The van der Waals surface area contributed by atoms with Crippen LogP contribution in [0.1, 0.15) is 137 Å². The van der Waals surface area contributed by atoms with Crippen molar-refractivity contribution in [3.63, 3.8) is 0 Å². The predicted octanol–water partition coefficient (Wildman–Crippen LogP) is 9.15. The second-order valence-corrected chi connectivity index (χ2v) is 21.7. The SMILES string of the molecule is C=CCCCCC[C@H](NC(=O)OC(C)(C)C)C(=O)O.COc1ccc2c(O[C@@H]3C[C@H]4C(=O)N[C@]5(C(=O)O)C[C@H]5/C=C\CCCCC[C@H](NC(=O)OC5CCCC5)C(=O)N4C3)cc(-c3csc(NC(C)C)n3)nc2c1. The van der Waals surface area contributed by atoms with Crippen LogP contribution in [-0.2, 0) is 28.7 Å². The fourth-order valence-corrected chi connectivity index (χ4v) is 10.3. The number of allylic oxidation sites excluding steroid dienone is 2. The summed E-state index contributed by atoms with van der Waals surface area (Å²) in [5.74, 6) is -2.40. The van der Waals surface area contributed by atoms with E-state index in [-0.39, 0.29) is 37.5 Å². The van der Waals surface area contributed by atoms with E-state index in [9.17, 15) is 33.9 Å². The second kappa shape index (κ2) is 26.2. The molecule has 2 aromatic heterocycles. The molecule has 0 bridgehead atoms. The molecule has 0 radical (unpaired) electrons. The van der Waals surface area contributed by atoms with Gasteiger partial charge in [0.1, 0.15) is 58.7 Å². The van der Waals surface area contributed by atoms with Gasteiger partial charge in [-0.1, -0.05) is 43.9 Å². The number of fused-ring (bicyclic) bond motifs is 3. The molecular weight excluding hydrogens is 971 g/mol. The highest BCUT2D eigenvalue weighted by Gasteiger charge is 2.61. The number of carboxylic acids is 2. The van der Waals surface area contributed by atoms with Crippen LogP contribution in [0, 0.1) is 5.92 Å². The van der Waals surface area contributed by atoms with Crippen LogP contribution < -0.4 is 30.7 Å². The number of carbonyl (C=O) groups is 6. The Morgan fingerprint density at radius 2 is 1.73 bits per heavy atom. The number of unbranched alkanes of at least 4 members (excludes halogenated alkanes) is 3. The molecule has 3 aromatic rings. The van der Waals surface area contributed by atoms with Crippen molar-refractivity contribution >= 4 is 63.3 Å². The standard InChI is InChI=1S/C40H50N6O8S.C14H25NO4/c1-23(2)41-38-43-32(22-55-38)31-19-34(28-16-15-26(52-3)17-30(28)42-31)53-27-18-33-35(47)45-40(37(49)50)20-24(40)11-7-5-4-6-8-14-29(36(48)46(33)21-27)44-39(51)54-25-12-9-10-13-25;1-5-6-7-8-9-10-11(12(16)17)15-13(18)19-14(2,3)4/h7,11,15-17,19,22-25,27,29,33H,4-6,8-10,12-14,18,20-21H2,1-3H3,(H,41,43)(H,44,51)(H,45,47)(H,49,50);5,11H,1,6-10H2,2-4H3,(H,15,18)(H,16,17)/b11-7-;/t24-,27-,29+,33+,40-;11-/m10/s1. The van der Waals surface area contributed by atoms with Crippen LogP contribution in [0.2, 0.25) is 0 Å². The molecule has 7 rings (SSSR count). The number of carbonyl (C=O) groups excluding carboxylic acids is 4. The minimum atomic E-state index is -1.45. The van der Waals surface area contributed by atoms with Crippen LogP contribution in [0.25, 0.3) is 22.3 Å². The molecule has 1 aromatic carbocycles. The van der Waals surface area contributed by atoms with Gasteiger partial charge in [0, 0.05) is 41.3 Å². The summed E-state index contributed by atoms with van der Waals surface area (Å²) in [7, 11) is 1.58. The number of hydrogen-bond acceptors (Lipinski definition) is 14. The number of thiazole rings is 1. The summed E-state index contributed by atoms with van der Waals surface area (Å²) in [6.45, 7) is 12.9. The predicted molar refractivity (Wildman–Crippen MR) is 281 cm³/mol. The number of rotatable bonds is 17. The molecule has 6 atom stereocenters. The largest absolute Gasteiger partial charge is 0.497 e. The van der Waals surface area contributed by atoms with Crippen molar-refractivity contribution in [3.8, 4) is 22.9 Å². The molecule has 6 N–H and O–H groups in total. The molecule has 74 heavy (non-hydrogen) atoms. The molecular formula is C54H75N7O12S. The molecule has 2 aliphatic carbocycles. The summed E-state index contributed by atoms with van der Waals surface area (Å²) in [4.78, 5) is 88.0. The van der Waals surface area contributed by atoms with Crippen LogP contribution in [0.4, 0.5) is 14.7 Å². The maximum absolute atomic E-state index is 14.5. The Kier molecular flexibility index (Phi) is 20.1. The first kappa shape index (κ1) is 56.8. The zero-order valence-electron chi connectivity index (χ0n) is 43.6. The van der Waals surface area contributed by atoms with Gasteiger partial charge in [-0.05, 0) is 117 Å². The molecule has 20 heteroatoms. The van der Waals surface area contributed by atoms with Gasteiger partial charge >= 0.3 is 24.1 Å². The highest BCUT2D eigenvalue weighted by Crippen LogP contribution is 2.46. The van der Waals surface area contributed by atoms with Gasteiger partial charge in [-0.25, -0.2) is 29.1 Å². The number of alkyl carbamates (subject to hydrolysis) is 2. The zero-order valence-corrected chi connectivity index (χ0v) is 44.4. The van der Waals surface area contributed by atoms with Crippen LogP contribution in [0.5, 0.6) is 11.5 Å². The molecule has 4 amide bonds. The number of anilines is 1. The number of nitrogens with one attached hydrogen (secondary N) is 4. The van der Waals surface area contributed by atoms with Gasteiger partial charge < -0.3 is 55.3 Å². The molecule has 4 heterocycles. The lowest BCUT2D eigenvalue weighted by atomic mass is 10.0. The number of benzene rings is 1. The van der Waals surface area contributed by atoms with Crippen LogP contribution in [-0.4, -0.2) is 122 Å². The minimum Gasteiger partial charge on any atom is -0.497 e. The van der Waals surface area contributed by atoms with E-state index in [0.29, 0.717) is 53.1 Å². The van der Waals surface area contributed by atoms with Gasteiger partial charge in [-0.2, -0.15) is 0 Å². The molecule has 1 saturated heterocycles. The lowest BCUT2D eigenvalue weighted by Crippen LogP contribution is -2.56. The summed E-state index contributed by atoms with van der Waals surface area (Å²) < 4.78 is 22.9. The Bertz CT molecular complexity index is 2490. The Labute approximate surface area is 437 Å². The van der Waals surface area contributed by atoms with Gasteiger partial charge in [-0.15, -0.1) is 17.9 Å². The lowest BCUT2D eigenvalue weighted by molar-refractivity contribution is -0.145. The molecule has 4 aliphatic rings. The fraction of sp³-hybridized carbons (Fsp3) is 0.593. The van der Waals surface area contributed by atoms with E-state index >= 15 is 0 Å². The minimum absolute atomic E-state index is 0.0324. The first-order chi connectivity index (χ1) is 35.3. The van der Waals surface area contributed by atoms with E-state index in [1.807, 2.05) is 61.7 Å². The topological polar surface area (TPSA) is 257 Å². The van der Waals surface area contributed by atoms with Crippen molar-refractivity contribution in [1.29, 1.82) is 0 Å². The monoisotopic (exact) mass is 1050 g/mol. The van der Waals surface area contributed by atoms with E-state index in [1.54, 1.807) is 27.9 Å². The Balaban J connectivity index is 0.000000399. The first-order valence-corrected chi connectivity index (χ1v) is 26.9. The third kappa shape index (κ3) is 16.0. The maximum atomic E-state index is 14.5. The smallest absolute Gasteiger partial charge is 0.408 e. The molecule has 2 saturated carbocycles. The van der Waals surface area contributed by atoms with Gasteiger partial charge in [0.15, 0.2) is 5.13 Å². The van der Waals surface area contributed by atoms with E-state index in [2.05, 4.69) is 27.8 Å². The van der Waals surface area contributed by atoms with Crippen LogP contribution >= 0.6 is 11.3 Å². The molecule has 0 unspecified atom stereocenters. The summed E-state index contributed by atoms with van der Waals surface area (Å²) in [6, 6.07) is 4.61. The number of amides is 4. The third-order valence-corrected chi connectivity index (χ3v) is 14.1. The van der Waals surface area contributed by atoms with Crippen molar-refractivity contribution in [2.45, 2.75) is 185 Å². The average Bonchev–Trinajstić information content (AvgIpc) is 3.76. The lowest BCUT2D eigenvalue weighted by Gasteiger charge is -2.29. The number of hydrogen-bond donors (Lipinski definition) is 6. The number of aliphatic carboxylic acids is 2. The molecule has 19 nitrogen and oxygen atoms in total. The summed E-state index contributed by atoms with van der Waals surface area (Å²) in [5.41, 5.74) is -0.234. The summed E-state index contributed by atoms with van der Waals surface area (Å²) in [6.07, 6.45) is 14.9. The summed E-state index contributed by atoms with van der Waals surface area (Å²) in [5, 5.41) is 34.0. The van der Waals surface area contributed by atoms with Crippen LogP contribution in [0.15, 0.2) is 54.5 Å². The molecule has 2 aliphatic heterocycles. The van der Waals surface area contributed by atoms with Gasteiger partial charge in [-0.3, -0.25) is 9.59 Å². The second-order valence-electron chi connectivity index (χ2n) is 20.8. The summed E-state index contributed by atoms with van der Waals surface area (Å²) >= 11 is 1.47. The number of methoxy groups -OCH3 is 1. The van der Waals surface area contributed by atoms with Gasteiger partial charge in [0.2, 0.25) is 11.8 Å². The number of ether oxygens (including phenoxy) is 4. The average molecular weight is 1050 g/mol. The third-order valence-electron chi connectivity index (χ3n) is 13.3. The number of aromatic nitrogens is 2. The fourth-order valence-electron chi connectivity index (χ4n) is 9.42. The van der Waals surface area contributed by atoms with Gasteiger partial charge in [0.25, 0.3) is 0 Å². The van der Waals surface area contributed by atoms with E-state index < -0.39 is 71.3 Å². The number of nitrogens with zero attached hydrogens (tertiary/aromatic N) is 3. The van der Waals surface area contributed by atoms with E-state index in [0.717, 1.165) is 75.8 Å². The number of pyridine rings is 1. The van der Waals surface area contributed by atoms with Crippen molar-refractivity contribution in [2.24, 2.45) is 5.92 Å². The van der Waals surface area contributed by atoms with Crippen LogP contribution in [0.3, 0.4) is 0 Å². The first-order valence-electron chi connectivity index (χ1n) is 26.0.